The summed E-state index contributed by atoms with van der Waals surface area (Å²) >= 11 is 1.58. The van der Waals surface area contributed by atoms with Crippen molar-refractivity contribution in [1.29, 1.82) is 0 Å². The molecule has 1 aromatic heterocycles. The fourth-order valence-corrected chi connectivity index (χ4v) is 2.65. The maximum absolute atomic E-state index is 4.16. The maximum Gasteiger partial charge on any atom is 0.0651 e. The molecule has 0 saturated carbocycles. The van der Waals surface area contributed by atoms with Crippen LogP contribution in [0, 0.1) is 13.8 Å². The summed E-state index contributed by atoms with van der Waals surface area (Å²) in [4.78, 5) is 4.14. The number of hydrogen-bond donors (Lipinski definition) is 0. The van der Waals surface area contributed by atoms with Gasteiger partial charge in [0, 0.05) is 17.8 Å². The van der Waals surface area contributed by atoms with Crippen molar-refractivity contribution in [1.82, 2.24) is 4.37 Å². The number of fused-ring (bicyclic) bond motifs is 1. The second kappa shape index (κ2) is 25.0. The summed E-state index contributed by atoms with van der Waals surface area (Å²) in [6, 6.07) is 4.29. The lowest BCUT2D eigenvalue weighted by atomic mass is 10.1. The average molecular weight is 433 g/mol. The van der Waals surface area contributed by atoms with E-state index in [0.717, 1.165) is 16.8 Å². The van der Waals surface area contributed by atoms with E-state index in [-0.39, 0.29) is 0 Å². The van der Waals surface area contributed by atoms with Gasteiger partial charge >= 0.3 is 0 Å². The van der Waals surface area contributed by atoms with Crippen LogP contribution in [0.4, 0.5) is 0 Å². The van der Waals surface area contributed by atoms with Crippen molar-refractivity contribution in [2.24, 2.45) is 4.99 Å². The first-order valence-electron chi connectivity index (χ1n) is 11.2. The molecule has 30 heavy (non-hydrogen) atoms. The Labute approximate surface area is 192 Å². The summed E-state index contributed by atoms with van der Waals surface area (Å²) in [6.07, 6.45) is 5.62. The summed E-state index contributed by atoms with van der Waals surface area (Å²) in [7, 11) is 0. The highest BCUT2D eigenvalue weighted by atomic mass is 32.1. The summed E-state index contributed by atoms with van der Waals surface area (Å²) < 4.78 is 5.49. The SMILES string of the molecule is C=C(C)/C=C(/N=CC)C(=C)C.CC.CC.CC.CC.Cc1ccc(C)c2sncc12. The molecule has 0 fully saturated rings. The Morgan fingerprint density at radius 3 is 1.73 bits per heavy atom. The minimum absolute atomic E-state index is 0.903. The summed E-state index contributed by atoms with van der Waals surface area (Å²) in [5.41, 5.74) is 5.51. The molecule has 0 aliphatic heterocycles. The molecular weight excluding hydrogens is 384 g/mol. The zero-order valence-corrected chi connectivity index (χ0v) is 22.9. The van der Waals surface area contributed by atoms with Crippen molar-refractivity contribution in [3.63, 3.8) is 0 Å². The average Bonchev–Trinajstić information content (AvgIpc) is 3.28. The number of benzene rings is 1. The fraction of sp³-hybridized carbons (Fsp3) is 0.481. The molecule has 2 aromatic rings. The monoisotopic (exact) mass is 432 g/mol. The van der Waals surface area contributed by atoms with Crippen molar-refractivity contribution < 1.29 is 0 Å². The predicted molar refractivity (Wildman–Crippen MR) is 146 cm³/mol. The van der Waals surface area contributed by atoms with E-state index in [4.69, 9.17) is 0 Å². The van der Waals surface area contributed by atoms with Gasteiger partial charge in [-0.05, 0) is 68.9 Å². The Balaban J connectivity index is -0.000000169. The van der Waals surface area contributed by atoms with Crippen LogP contribution in [-0.4, -0.2) is 10.6 Å². The molecule has 0 unspecified atom stereocenters. The van der Waals surface area contributed by atoms with Crippen LogP contribution in [-0.2, 0) is 0 Å². The molecule has 3 heteroatoms. The normalized spacial score (nSPS) is 9.17. The van der Waals surface area contributed by atoms with Crippen molar-refractivity contribution in [2.45, 2.75) is 90.0 Å². The molecule has 0 aliphatic rings. The Bertz CT molecular complexity index is 698. The van der Waals surface area contributed by atoms with E-state index in [1.165, 1.54) is 21.2 Å². The fourth-order valence-electron chi connectivity index (χ4n) is 1.86. The van der Waals surface area contributed by atoms with Crippen LogP contribution in [0.3, 0.4) is 0 Å². The van der Waals surface area contributed by atoms with Gasteiger partial charge in [0.2, 0.25) is 0 Å². The third kappa shape index (κ3) is 15.9. The van der Waals surface area contributed by atoms with Gasteiger partial charge in [-0.15, -0.1) is 0 Å². The van der Waals surface area contributed by atoms with Gasteiger partial charge in [-0.2, -0.15) is 4.37 Å². The summed E-state index contributed by atoms with van der Waals surface area (Å²) in [5, 5.41) is 1.30. The molecule has 1 heterocycles. The Kier molecular flexibility index (Phi) is 29.6. The number of rotatable bonds is 3. The summed E-state index contributed by atoms with van der Waals surface area (Å²) in [6.45, 7) is 33.6. The molecule has 0 atom stereocenters. The Morgan fingerprint density at radius 1 is 0.900 bits per heavy atom. The van der Waals surface area contributed by atoms with Crippen molar-refractivity contribution in [3.05, 3.63) is 65.5 Å². The third-order valence-corrected chi connectivity index (χ3v) is 3.96. The second-order valence-corrected chi connectivity index (χ2v) is 6.11. The van der Waals surface area contributed by atoms with Crippen molar-refractivity contribution in [2.75, 3.05) is 0 Å². The molecule has 0 saturated heterocycles. The van der Waals surface area contributed by atoms with Crippen LogP contribution in [0.1, 0.15) is 87.3 Å². The number of allylic oxidation sites excluding steroid dienone is 3. The molecule has 172 valence electrons. The molecule has 0 bridgehead atoms. The van der Waals surface area contributed by atoms with E-state index in [0.29, 0.717) is 0 Å². The highest BCUT2D eigenvalue weighted by Gasteiger charge is 2.01. The third-order valence-electron chi connectivity index (χ3n) is 3.03. The largest absolute Gasteiger partial charge is 0.261 e. The minimum Gasteiger partial charge on any atom is -0.261 e. The molecule has 0 spiro atoms. The second-order valence-electron chi connectivity index (χ2n) is 5.31. The number of aromatic nitrogens is 1. The van der Waals surface area contributed by atoms with Gasteiger partial charge in [-0.1, -0.05) is 86.3 Å². The van der Waals surface area contributed by atoms with Crippen LogP contribution < -0.4 is 0 Å². The van der Waals surface area contributed by atoms with Crippen LogP contribution in [0.5, 0.6) is 0 Å². The summed E-state index contributed by atoms with van der Waals surface area (Å²) in [5.74, 6) is 0. The first-order valence-corrected chi connectivity index (χ1v) is 12.0. The maximum atomic E-state index is 4.16. The molecular formula is C27H48N2S. The molecule has 2 nitrogen and oxygen atoms in total. The predicted octanol–water partition coefficient (Wildman–Crippen LogP) is 10.1. The highest BCUT2D eigenvalue weighted by molar-refractivity contribution is 7.13. The zero-order valence-electron chi connectivity index (χ0n) is 22.1. The number of nitrogens with zero attached hydrogens (tertiary/aromatic N) is 2. The van der Waals surface area contributed by atoms with Crippen LogP contribution in [0.2, 0.25) is 0 Å². The van der Waals surface area contributed by atoms with E-state index in [9.17, 15) is 0 Å². The minimum atomic E-state index is 0.903. The Morgan fingerprint density at radius 2 is 1.37 bits per heavy atom. The van der Waals surface area contributed by atoms with Crippen LogP contribution in [0.15, 0.2) is 59.4 Å². The van der Waals surface area contributed by atoms with Gasteiger partial charge in [-0.25, -0.2) is 0 Å². The van der Waals surface area contributed by atoms with Gasteiger partial charge in [0.25, 0.3) is 0 Å². The zero-order chi connectivity index (χ0) is 24.7. The van der Waals surface area contributed by atoms with E-state index in [2.05, 4.69) is 48.5 Å². The molecule has 0 N–H and O–H groups in total. The van der Waals surface area contributed by atoms with Crippen LogP contribution in [0.25, 0.3) is 10.1 Å². The number of aliphatic imine (C=N–C) groups is 1. The van der Waals surface area contributed by atoms with E-state index in [1.54, 1.807) is 17.7 Å². The number of hydrogen-bond acceptors (Lipinski definition) is 3. The first-order chi connectivity index (χ1) is 14.4. The highest BCUT2D eigenvalue weighted by Crippen LogP contribution is 2.24. The molecule has 0 amide bonds. The molecule has 0 aliphatic carbocycles. The van der Waals surface area contributed by atoms with Gasteiger partial charge in [0.1, 0.15) is 0 Å². The molecule has 1 aromatic carbocycles. The van der Waals surface area contributed by atoms with E-state index < -0.39 is 0 Å². The van der Waals surface area contributed by atoms with Crippen LogP contribution >= 0.6 is 11.5 Å². The van der Waals surface area contributed by atoms with Crippen molar-refractivity contribution >= 4 is 27.8 Å². The molecule has 0 radical (unpaired) electrons. The first kappa shape index (κ1) is 35.4. The topological polar surface area (TPSA) is 25.2 Å². The van der Waals surface area contributed by atoms with E-state index in [1.807, 2.05) is 88.4 Å². The van der Waals surface area contributed by atoms with Crippen molar-refractivity contribution in [3.8, 4) is 0 Å². The Hall–Kier alpha value is -2.00. The van der Waals surface area contributed by atoms with Gasteiger partial charge in [0.05, 0.1) is 10.4 Å². The van der Waals surface area contributed by atoms with Gasteiger partial charge in [-0.3, -0.25) is 4.99 Å². The van der Waals surface area contributed by atoms with Gasteiger partial charge < -0.3 is 0 Å². The number of aryl methyl sites for hydroxylation is 2. The lowest BCUT2D eigenvalue weighted by Crippen LogP contribution is -1.80. The van der Waals surface area contributed by atoms with Gasteiger partial charge in [0.15, 0.2) is 0 Å². The molecule has 2 rings (SSSR count). The quantitative estimate of drug-likeness (QED) is 0.350. The standard InChI is InChI=1S/C10H15N.C9H9NS.4C2H6/c1-6-11-10(9(4)5)7-8(2)3;1-6-3-4-7(2)9-8(6)5-10-11-9;4*1-2/h6-7H,2,4H2,1,3,5H3;3-5H,1-2H3;4*1-2H3/b10-7+,11-6?;;;;;. The van der Waals surface area contributed by atoms with E-state index >= 15 is 0 Å². The smallest absolute Gasteiger partial charge is 0.0651 e. The lowest BCUT2D eigenvalue weighted by molar-refractivity contribution is 1.28. The lowest BCUT2D eigenvalue weighted by Gasteiger charge is -1.98.